The topological polar surface area (TPSA) is 96.3 Å². The molecule has 0 bridgehead atoms. The number of hydrogen-bond acceptors (Lipinski definition) is 5. The maximum Gasteiger partial charge on any atom is 0.338 e. The molecule has 0 aliphatic rings. The SMILES string of the molecule is COC(=O)c1cc(C#N)cc(O)c1CN. The van der Waals surface area contributed by atoms with Crippen LogP contribution in [0.5, 0.6) is 5.75 Å². The first-order chi connectivity index (χ1) is 7.13. The summed E-state index contributed by atoms with van der Waals surface area (Å²) in [7, 11) is 1.22. The second-order valence-corrected chi connectivity index (χ2v) is 2.83. The summed E-state index contributed by atoms with van der Waals surface area (Å²) in [6.07, 6.45) is 0. The monoisotopic (exact) mass is 206 g/mol. The molecule has 3 N–H and O–H groups in total. The summed E-state index contributed by atoms with van der Waals surface area (Å²) < 4.78 is 4.52. The van der Waals surface area contributed by atoms with Gasteiger partial charge in [-0.15, -0.1) is 0 Å². The standard InChI is InChI=1S/C10H10N2O3/c1-15-10(14)7-2-6(4-11)3-9(13)8(7)5-12/h2-3,13H,5,12H2,1H3. The van der Waals surface area contributed by atoms with Crippen molar-refractivity contribution in [3.05, 3.63) is 28.8 Å². The lowest BCUT2D eigenvalue weighted by atomic mass is 10.0. The van der Waals surface area contributed by atoms with E-state index < -0.39 is 5.97 Å². The summed E-state index contributed by atoms with van der Waals surface area (Å²) in [6.45, 7) is 0.00196. The third-order valence-corrected chi connectivity index (χ3v) is 1.96. The van der Waals surface area contributed by atoms with Gasteiger partial charge in [0, 0.05) is 12.1 Å². The number of rotatable bonds is 2. The highest BCUT2D eigenvalue weighted by atomic mass is 16.5. The molecule has 1 aromatic carbocycles. The average Bonchev–Trinajstić information content (AvgIpc) is 2.26. The fourth-order valence-electron chi connectivity index (χ4n) is 1.23. The predicted molar refractivity (Wildman–Crippen MR) is 52.1 cm³/mol. The van der Waals surface area contributed by atoms with Crippen molar-refractivity contribution in [3.8, 4) is 11.8 Å². The summed E-state index contributed by atoms with van der Waals surface area (Å²) in [5.74, 6) is -0.792. The van der Waals surface area contributed by atoms with Crippen LogP contribution in [0.1, 0.15) is 21.5 Å². The molecule has 0 aromatic heterocycles. The highest BCUT2D eigenvalue weighted by Crippen LogP contribution is 2.23. The first-order valence-corrected chi connectivity index (χ1v) is 4.18. The number of methoxy groups -OCH3 is 1. The molecule has 0 aliphatic heterocycles. The van der Waals surface area contributed by atoms with Crippen LogP contribution in [0.3, 0.4) is 0 Å². The number of benzene rings is 1. The molecule has 0 saturated carbocycles. The number of aromatic hydroxyl groups is 1. The Hall–Kier alpha value is -2.06. The first-order valence-electron chi connectivity index (χ1n) is 4.18. The number of ether oxygens (including phenoxy) is 1. The zero-order valence-corrected chi connectivity index (χ0v) is 8.15. The Morgan fingerprint density at radius 1 is 1.67 bits per heavy atom. The number of carbonyl (C=O) groups is 1. The van der Waals surface area contributed by atoms with Crippen LogP contribution in [0.2, 0.25) is 0 Å². The molecule has 1 rings (SSSR count). The summed E-state index contributed by atoms with van der Waals surface area (Å²) in [5.41, 5.74) is 5.97. The van der Waals surface area contributed by atoms with Gasteiger partial charge in [-0.1, -0.05) is 0 Å². The fourth-order valence-corrected chi connectivity index (χ4v) is 1.23. The smallest absolute Gasteiger partial charge is 0.338 e. The van der Waals surface area contributed by atoms with E-state index in [1.807, 2.05) is 6.07 Å². The highest BCUT2D eigenvalue weighted by Gasteiger charge is 2.15. The van der Waals surface area contributed by atoms with Crippen molar-refractivity contribution >= 4 is 5.97 Å². The molecule has 0 spiro atoms. The largest absolute Gasteiger partial charge is 0.508 e. The van der Waals surface area contributed by atoms with Crippen LogP contribution in [-0.4, -0.2) is 18.2 Å². The van der Waals surface area contributed by atoms with Crippen molar-refractivity contribution < 1.29 is 14.6 Å². The molecule has 0 unspecified atom stereocenters. The second kappa shape index (κ2) is 4.44. The molecule has 15 heavy (non-hydrogen) atoms. The lowest BCUT2D eigenvalue weighted by Gasteiger charge is -2.08. The van der Waals surface area contributed by atoms with Crippen LogP contribution < -0.4 is 5.73 Å². The first kappa shape index (κ1) is 11.0. The third kappa shape index (κ3) is 2.06. The molecule has 0 heterocycles. The maximum atomic E-state index is 11.3. The minimum absolute atomic E-state index is 0.00196. The maximum absolute atomic E-state index is 11.3. The Morgan fingerprint density at radius 3 is 2.80 bits per heavy atom. The highest BCUT2D eigenvalue weighted by molar-refractivity contribution is 5.92. The molecule has 78 valence electrons. The van der Waals surface area contributed by atoms with Crippen molar-refractivity contribution in [1.82, 2.24) is 0 Å². The van der Waals surface area contributed by atoms with Gasteiger partial charge < -0.3 is 15.6 Å². The van der Waals surface area contributed by atoms with Gasteiger partial charge in [-0.2, -0.15) is 5.26 Å². The van der Waals surface area contributed by atoms with E-state index in [1.165, 1.54) is 19.2 Å². The van der Waals surface area contributed by atoms with E-state index in [-0.39, 0.29) is 29.0 Å². The van der Waals surface area contributed by atoms with Gasteiger partial charge in [0.2, 0.25) is 0 Å². The number of hydrogen-bond donors (Lipinski definition) is 2. The zero-order valence-electron chi connectivity index (χ0n) is 8.15. The number of phenols is 1. The minimum Gasteiger partial charge on any atom is -0.508 e. The van der Waals surface area contributed by atoms with Crippen molar-refractivity contribution in [1.29, 1.82) is 5.26 Å². The van der Waals surface area contributed by atoms with Gasteiger partial charge in [-0.3, -0.25) is 0 Å². The number of phenolic OH excluding ortho intramolecular Hbond substituents is 1. The Morgan fingerprint density at radius 2 is 2.33 bits per heavy atom. The van der Waals surface area contributed by atoms with Gasteiger partial charge >= 0.3 is 5.97 Å². The van der Waals surface area contributed by atoms with Crippen molar-refractivity contribution in [3.63, 3.8) is 0 Å². The van der Waals surface area contributed by atoms with Crippen LogP contribution in [0.25, 0.3) is 0 Å². The van der Waals surface area contributed by atoms with Gasteiger partial charge in [0.1, 0.15) is 5.75 Å². The number of nitrogens with two attached hydrogens (primary N) is 1. The molecule has 5 nitrogen and oxygen atoms in total. The Balaban J connectivity index is 3.40. The van der Waals surface area contributed by atoms with Crippen molar-refractivity contribution in [2.45, 2.75) is 6.54 Å². The zero-order chi connectivity index (χ0) is 11.4. The van der Waals surface area contributed by atoms with E-state index >= 15 is 0 Å². The lowest BCUT2D eigenvalue weighted by molar-refractivity contribution is 0.0599. The van der Waals surface area contributed by atoms with E-state index in [1.54, 1.807) is 0 Å². The van der Waals surface area contributed by atoms with E-state index in [0.717, 1.165) is 0 Å². The van der Waals surface area contributed by atoms with Crippen LogP contribution >= 0.6 is 0 Å². The van der Waals surface area contributed by atoms with Crippen LogP contribution in [0.15, 0.2) is 12.1 Å². The summed E-state index contributed by atoms with van der Waals surface area (Å²) >= 11 is 0. The molecule has 5 heteroatoms. The molecule has 0 radical (unpaired) electrons. The minimum atomic E-state index is -0.622. The van der Waals surface area contributed by atoms with Crippen molar-refractivity contribution in [2.75, 3.05) is 7.11 Å². The Labute approximate surface area is 86.7 Å². The van der Waals surface area contributed by atoms with E-state index in [2.05, 4.69) is 4.74 Å². The summed E-state index contributed by atoms with van der Waals surface area (Å²) in [6, 6.07) is 4.43. The Bertz CT molecular complexity index is 435. The fraction of sp³-hybridized carbons (Fsp3) is 0.200. The molecular weight excluding hydrogens is 196 g/mol. The summed E-state index contributed by atoms with van der Waals surface area (Å²) in [4.78, 5) is 11.3. The van der Waals surface area contributed by atoms with Crippen molar-refractivity contribution in [2.24, 2.45) is 5.73 Å². The van der Waals surface area contributed by atoms with Gasteiger partial charge in [-0.05, 0) is 12.1 Å². The summed E-state index contributed by atoms with van der Waals surface area (Å²) in [5, 5.41) is 18.2. The predicted octanol–water partition coefficient (Wildman–Crippen LogP) is 0.509. The number of esters is 1. The average molecular weight is 206 g/mol. The molecule has 0 amide bonds. The molecule has 0 saturated heterocycles. The quantitative estimate of drug-likeness (QED) is 0.687. The molecule has 0 fully saturated rings. The number of nitrogens with zero attached hydrogens (tertiary/aromatic N) is 1. The third-order valence-electron chi connectivity index (χ3n) is 1.96. The van der Waals surface area contributed by atoms with Crippen LogP contribution in [0.4, 0.5) is 0 Å². The second-order valence-electron chi connectivity index (χ2n) is 2.83. The number of carbonyl (C=O) groups excluding carboxylic acids is 1. The van der Waals surface area contributed by atoms with Gasteiger partial charge in [0.25, 0.3) is 0 Å². The lowest BCUT2D eigenvalue weighted by Crippen LogP contribution is -2.09. The molecule has 0 atom stereocenters. The van der Waals surface area contributed by atoms with Crippen LogP contribution in [0, 0.1) is 11.3 Å². The Kier molecular flexibility index (Phi) is 3.26. The molecule has 1 aromatic rings. The molecular formula is C10H10N2O3. The van der Waals surface area contributed by atoms with Gasteiger partial charge in [0.15, 0.2) is 0 Å². The molecule has 0 aliphatic carbocycles. The number of nitriles is 1. The van der Waals surface area contributed by atoms with Gasteiger partial charge in [0.05, 0.1) is 24.3 Å². The van der Waals surface area contributed by atoms with Crippen LogP contribution in [-0.2, 0) is 11.3 Å². The van der Waals surface area contributed by atoms with E-state index in [9.17, 15) is 9.90 Å². The van der Waals surface area contributed by atoms with Gasteiger partial charge in [-0.25, -0.2) is 4.79 Å². The normalized spacial score (nSPS) is 9.40. The van der Waals surface area contributed by atoms with E-state index in [0.29, 0.717) is 0 Å². The van der Waals surface area contributed by atoms with E-state index in [4.69, 9.17) is 11.0 Å².